The molecule has 0 aliphatic carbocycles. The number of primary amides is 1. The van der Waals surface area contributed by atoms with E-state index in [9.17, 15) is 9.59 Å². The third kappa shape index (κ3) is 4.97. The molecule has 3 N–H and O–H groups in total. The van der Waals surface area contributed by atoms with Crippen molar-refractivity contribution in [3.05, 3.63) is 35.4 Å². The van der Waals surface area contributed by atoms with Crippen molar-refractivity contribution in [2.75, 3.05) is 13.1 Å². The normalized spacial score (nSPS) is 10.6. The predicted octanol–water partition coefficient (Wildman–Crippen LogP) is 0.621. The van der Waals surface area contributed by atoms with Crippen LogP contribution in [0.3, 0.4) is 0 Å². The Bertz CT molecular complexity index is 415. The second-order valence-electron chi connectivity index (χ2n) is 4.16. The lowest BCUT2D eigenvalue weighted by Crippen LogP contribution is -2.33. The van der Waals surface area contributed by atoms with Gasteiger partial charge in [-0.25, -0.2) is 0 Å². The molecule has 0 bridgehead atoms. The summed E-state index contributed by atoms with van der Waals surface area (Å²) in [7, 11) is 0. The van der Waals surface area contributed by atoms with E-state index >= 15 is 0 Å². The SMILES string of the molecule is CCN(CC(N)=O)Cc1ccc(CC(=O)O)cc1. The average Bonchev–Trinajstić information content (AvgIpc) is 2.29. The van der Waals surface area contributed by atoms with Crippen LogP contribution >= 0.6 is 0 Å². The highest BCUT2D eigenvalue weighted by Crippen LogP contribution is 2.08. The van der Waals surface area contributed by atoms with E-state index in [1.54, 1.807) is 12.1 Å². The number of nitrogens with two attached hydrogens (primary N) is 1. The standard InChI is InChI=1S/C13H18N2O3/c1-2-15(9-12(14)16)8-11-5-3-10(4-6-11)7-13(17)18/h3-6H,2,7-9H2,1H3,(H2,14,16)(H,17,18). The first-order valence-corrected chi connectivity index (χ1v) is 5.81. The highest BCUT2D eigenvalue weighted by molar-refractivity contribution is 5.75. The average molecular weight is 250 g/mol. The molecule has 1 aromatic carbocycles. The van der Waals surface area contributed by atoms with E-state index in [-0.39, 0.29) is 18.9 Å². The Morgan fingerprint density at radius 2 is 1.78 bits per heavy atom. The third-order valence-corrected chi connectivity index (χ3v) is 2.61. The molecule has 98 valence electrons. The summed E-state index contributed by atoms with van der Waals surface area (Å²) in [5, 5.41) is 8.66. The summed E-state index contributed by atoms with van der Waals surface area (Å²) in [6, 6.07) is 7.34. The maximum absolute atomic E-state index is 10.8. The Hall–Kier alpha value is -1.88. The second-order valence-corrected chi connectivity index (χ2v) is 4.16. The number of aliphatic carboxylic acids is 1. The molecule has 1 rings (SSSR count). The first-order chi connectivity index (χ1) is 8.51. The van der Waals surface area contributed by atoms with E-state index in [1.165, 1.54) is 0 Å². The van der Waals surface area contributed by atoms with Crippen LogP contribution in [0, 0.1) is 0 Å². The van der Waals surface area contributed by atoms with Gasteiger partial charge in [-0.05, 0) is 17.7 Å². The van der Waals surface area contributed by atoms with Crippen molar-refractivity contribution in [2.24, 2.45) is 5.73 Å². The fraction of sp³-hybridized carbons (Fsp3) is 0.385. The number of carbonyl (C=O) groups excluding carboxylic acids is 1. The summed E-state index contributed by atoms with van der Waals surface area (Å²) < 4.78 is 0. The first-order valence-electron chi connectivity index (χ1n) is 5.81. The van der Waals surface area contributed by atoms with Crippen LogP contribution in [-0.4, -0.2) is 35.0 Å². The number of likely N-dealkylation sites (N-methyl/N-ethyl adjacent to an activating group) is 1. The molecule has 0 fully saturated rings. The van der Waals surface area contributed by atoms with Crippen LogP contribution in [0.1, 0.15) is 18.1 Å². The van der Waals surface area contributed by atoms with Gasteiger partial charge in [0.25, 0.3) is 0 Å². The minimum atomic E-state index is -0.841. The fourth-order valence-corrected chi connectivity index (χ4v) is 1.70. The molecule has 0 heterocycles. The van der Waals surface area contributed by atoms with Crippen LogP contribution in [0.15, 0.2) is 24.3 Å². The third-order valence-electron chi connectivity index (χ3n) is 2.61. The van der Waals surface area contributed by atoms with Gasteiger partial charge in [-0.15, -0.1) is 0 Å². The smallest absolute Gasteiger partial charge is 0.307 e. The Kier molecular flexibility index (Phi) is 5.32. The van der Waals surface area contributed by atoms with Gasteiger partial charge in [-0.3, -0.25) is 14.5 Å². The van der Waals surface area contributed by atoms with E-state index < -0.39 is 5.97 Å². The number of amides is 1. The molecule has 0 aliphatic heterocycles. The van der Waals surface area contributed by atoms with Crippen LogP contribution in [0.25, 0.3) is 0 Å². The Morgan fingerprint density at radius 1 is 1.22 bits per heavy atom. The molecule has 0 unspecified atom stereocenters. The molecule has 5 nitrogen and oxygen atoms in total. The zero-order valence-electron chi connectivity index (χ0n) is 10.4. The quantitative estimate of drug-likeness (QED) is 0.743. The van der Waals surface area contributed by atoms with Gasteiger partial charge in [0.15, 0.2) is 0 Å². The highest BCUT2D eigenvalue weighted by Gasteiger charge is 2.07. The summed E-state index contributed by atoms with van der Waals surface area (Å²) in [6.45, 7) is 3.56. The summed E-state index contributed by atoms with van der Waals surface area (Å²) in [6.07, 6.45) is 0.0268. The molecule has 0 aromatic heterocycles. The Balaban J connectivity index is 2.61. The molecule has 1 amide bonds. The summed E-state index contributed by atoms with van der Waals surface area (Å²) in [4.78, 5) is 23.3. The minimum absolute atomic E-state index is 0.0268. The summed E-state index contributed by atoms with van der Waals surface area (Å²) >= 11 is 0. The zero-order chi connectivity index (χ0) is 13.5. The molecule has 5 heteroatoms. The molecular weight excluding hydrogens is 232 g/mol. The first kappa shape index (κ1) is 14.2. The number of rotatable bonds is 7. The van der Waals surface area contributed by atoms with Crippen LogP contribution in [-0.2, 0) is 22.6 Å². The lowest BCUT2D eigenvalue weighted by molar-refractivity contribution is -0.136. The van der Waals surface area contributed by atoms with E-state index in [1.807, 2.05) is 24.0 Å². The number of nitrogens with zero attached hydrogens (tertiary/aromatic N) is 1. The summed E-state index contributed by atoms with van der Waals surface area (Å²) in [5.74, 6) is -1.19. The van der Waals surface area contributed by atoms with E-state index in [0.29, 0.717) is 6.54 Å². The van der Waals surface area contributed by atoms with E-state index in [0.717, 1.165) is 17.7 Å². The van der Waals surface area contributed by atoms with Gasteiger partial charge >= 0.3 is 5.97 Å². The molecule has 0 spiro atoms. The molecule has 0 radical (unpaired) electrons. The Labute approximate surface area is 106 Å². The lowest BCUT2D eigenvalue weighted by Gasteiger charge is -2.18. The second kappa shape index (κ2) is 6.76. The number of carboxylic acid groups (broad SMARTS) is 1. The van der Waals surface area contributed by atoms with Crippen molar-refractivity contribution in [3.8, 4) is 0 Å². The molecule has 0 aliphatic rings. The predicted molar refractivity (Wildman–Crippen MR) is 67.9 cm³/mol. The van der Waals surface area contributed by atoms with Gasteiger partial charge < -0.3 is 10.8 Å². The van der Waals surface area contributed by atoms with E-state index in [4.69, 9.17) is 10.8 Å². The van der Waals surface area contributed by atoms with Crippen molar-refractivity contribution < 1.29 is 14.7 Å². The van der Waals surface area contributed by atoms with Gasteiger partial charge in [0.05, 0.1) is 13.0 Å². The van der Waals surface area contributed by atoms with Gasteiger partial charge in [-0.2, -0.15) is 0 Å². The van der Waals surface area contributed by atoms with Crippen LogP contribution in [0.2, 0.25) is 0 Å². The Morgan fingerprint density at radius 3 is 2.22 bits per heavy atom. The lowest BCUT2D eigenvalue weighted by atomic mass is 10.1. The largest absolute Gasteiger partial charge is 0.481 e. The van der Waals surface area contributed by atoms with Gasteiger partial charge in [-0.1, -0.05) is 31.2 Å². The summed E-state index contributed by atoms with van der Waals surface area (Å²) in [5.41, 5.74) is 6.96. The molecule has 0 saturated carbocycles. The number of carboxylic acids is 1. The van der Waals surface area contributed by atoms with Gasteiger partial charge in [0.2, 0.25) is 5.91 Å². The van der Waals surface area contributed by atoms with Crippen molar-refractivity contribution in [3.63, 3.8) is 0 Å². The topological polar surface area (TPSA) is 83.6 Å². The molecule has 0 atom stereocenters. The van der Waals surface area contributed by atoms with Crippen molar-refractivity contribution >= 4 is 11.9 Å². The monoisotopic (exact) mass is 250 g/mol. The minimum Gasteiger partial charge on any atom is -0.481 e. The molecule has 18 heavy (non-hydrogen) atoms. The number of hydrogen-bond donors (Lipinski definition) is 2. The number of hydrogen-bond acceptors (Lipinski definition) is 3. The van der Waals surface area contributed by atoms with Gasteiger partial charge in [0.1, 0.15) is 0 Å². The van der Waals surface area contributed by atoms with E-state index in [2.05, 4.69) is 0 Å². The maximum Gasteiger partial charge on any atom is 0.307 e. The molecule has 1 aromatic rings. The molecular formula is C13H18N2O3. The highest BCUT2D eigenvalue weighted by atomic mass is 16.4. The van der Waals surface area contributed by atoms with Crippen LogP contribution < -0.4 is 5.73 Å². The van der Waals surface area contributed by atoms with Crippen molar-refractivity contribution in [1.29, 1.82) is 0 Å². The van der Waals surface area contributed by atoms with Crippen LogP contribution in [0.4, 0.5) is 0 Å². The van der Waals surface area contributed by atoms with Crippen molar-refractivity contribution in [1.82, 2.24) is 4.90 Å². The number of benzene rings is 1. The molecule has 0 saturated heterocycles. The number of carbonyl (C=O) groups is 2. The zero-order valence-corrected chi connectivity index (χ0v) is 10.4. The van der Waals surface area contributed by atoms with Crippen molar-refractivity contribution in [2.45, 2.75) is 19.9 Å². The maximum atomic E-state index is 10.8. The van der Waals surface area contributed by atoms with Gasteiger partial charge in [0, 0.05) is 6.54 Å². The fourth-order valence-electron chi connectivity index (χ4n) is 1.70. The van der Waals surface area contributed by atoms with Crippen LogP contribution in [0.5, 0.6) is 0 Å².